The zero-order valence-corrected chi connectivity index (χ0v) is 14.0. The lowest BCUT2D eigenvalue weighted by atomic mass is 9.95. The molecule has 1 saturated carbocycles. The molecule has 1 aromatic rings. The standard InChI is InChI=1S/C18H25N3O3/c22-16(20-14-8-2-1-3-9-14)18(24)21(12-6-7-13-21)17(23)15-10-4-5-11-19-15/h4-5,10-11,14,18,24H,1-3,6-9,12-13H2/p+1. The average Bonchev–Trinajstić information content (AvgIpc) is 3.13. The lowest BCUT2D eigenvalue weighted by molar-refractivity contribution is -0.875. The Morgan fingerprint density at radius 3 is 2.46 bits per heavy atom. The number of carbonyl (C=O) groups is 2. The highest BCUT2D eigenvalue weighted by atomic mass is 16.3. The minimum Gasteiger partial charge on any atom is -0.346 e. The number of amides is 2. The van der Waals surface area contributed by atoms with Gasteiger partial charge in [-0.25, -0.2) is 14.3 Å². The molecule has 2 amide bonds. The summed E-state index contributed by atoms with van der Waals surface area (Å²) < 4.78 is -0.227. The molecule has 1 aliphatic heterocycles. The topological polar surface area (TPSA) is 79.3 Å². The van der Waals surface area contributed by atoms with Gasteiger partial charge >= 0.3 is 11.8 Å². The highest BCUT2D eigenvalue weighted by molar-refractivity contribution is 5.89. The van der Waals surface area contributed by atoms with E-state index in [1.54, 1.807) is 24.4 Å². The second-order valence-electron chi connectivity index (χ2n) is 6.93. The smallest absolute Gasteiger partial charge is 0.346 e. The van der Waals surface area contributed by atoms with Crippen LogP contribution in [0.3, 0.4) is 0 Å². The van der Waals surface area contributed by atoms with Crippen molar-refractivity contribution in [3.05, 3.63) is 30.1 Å². The molecule has 0 spiro atoms. The van der Waals surface area contributed by atoms with E-state index in [0.29, 0.717) is 18.8 Å². The van der Waals surface area contributed by atoms with E-state index in [0.717, 1.165) is 38.5 Å². The molecule has 3 rings (SSSR count). The second kappa shape index (κ2) is 7.40. The van der Waals surface area contributed by atoms with Crippen LogP contribution in [0.25, 0.3) is 0 Å². The fraction of sp³-hybridized carbons (Fsp3) is 0.611. The fourth-order valence-corrected chi connectivity index (χ4v) is 3.92. The lowest BCUT2D eigenvalue weighted by Crippen LogP contribution is -2.63. The van der Waals surface area contributed by atoms with Crippen LogP contribution < -0.4 is 5.32 Å². The van der Waals surface area contributed by atoms with E-state index in [2.05, 4.69) is 10.3 Å². The molecule has 2 fully saturated rings. The quantitative estimate of drug-likeness (QED) is 0.821. The molecule has 6 heteroatoms. The molecule has 24 heavy (non-hydrogen) atoms. The number of hydrogen-bond acceptors (Lipinski definition) is 4. The van der Waals surface area contributed by atoms with Gasteiger partial charge in [-0.3, -0.25) is 4.79 Å². The van der Waals surface area contributed by atoms with Crippen molar-refractivity contribution < 1.29 is 19.2 Å². The van der Waals surface area contributed by atoms with Gasteiger partial charge in [0, 0.05) is 25.1 Å². The summed E-state index contributed by atoms with van der Waals surface area (Å²) in [6, 6.07) is 5.26. The van der Waals surface area contributed by atoms with Crippen molar-refractivity contribution in [1.82, 2.24) is 10.3 Å². The predicted octanol–water partition coefficient (Wildman–Crippen LogP) is 1.60. The molecule has 0 radical (unpaired) electrons. The summed E-state index contributed by atoms with van der Waals surface area (Å²) >= 11 is 0. The molecule has 1 aliphatic carbocycles. The van der Waals surface area contributed by atoms with Crippen LogP contribution in [-0.2, 0) is 4.79 Å². The van der Waals surface area contributed by atoms with Gasteiger partial charge in [-0.15, -0.1) is 0 Å². The summed E-state index contributed by atoms with van der Waals surface area (Å²) in [5.41, 5.74) is 0.309. The van der Waals surface area contributed by atoms with Crippen molar-refractivity contribution in [2.24, 2.45) is 0 Å². The Kier molecular flexibility index (Phi) is 5.26. The number of carbonyl (C=O) groups excluding carboxylic acids is 2. The molecule has 1 saturated heterocycles. The van der Waals surface area contributed by atoms with Crippen LogP contribution in [0.4, 0.5) is 0 Å². The molecule has 1 unspecified atom stereocenters. The molecule has 1 aromatic heterocycles. The minimum absolute atomic E-state index is 0.119. The van der Waals surface area contributed by atoms with Gasteiger partial charge < -0.3 is 10.4 Å². The SMILES string of the molecule is O=C(NC1CCCCC1)C(O)[N+]1(C(=O)c2ccccn2)CCCC1. The number of pyridine rings is 1. The van der Waals surface area contributed by atoms with E-state index in [4.69, 9.17) is 0 Å². The third-order valence-corrected chi connectivity index (χ3v) is 5.31. The lowest BCUT2D eigenvalue weighted by Gasteiger charge is -2.35. The van der Waals surface area contributed by atoms with Crippen molar-refractivity contribution in [2.45, 2.75) is 57.2 Å². The van der Waals surface area contributed by atoms with Gasteiger partial charge in [0.15, 0.2) is 5.69 Å². The zero-order chi connectivity index (χ0) is 17.0. The van der Waals surface area contributed by atoms with E-state index in [1.807, 2.05) is 0 Å². The summed E-state index contributed by atoms with van der Waals surface area (Å²) in [7, 11) is 0. The number of likely N-dealkylation sites (tertiary alicyclic amines) is 1. The Labute approximate surface area is 142 Å². The summed E-state index contributed by atoms with van der Waals surface area (Å²) in [4.78, 5) is 29.7. The first-order valence-corrected chi connectivity index (χ1v) is 8.95. The summed E-state index contributed by atoms with van der Waals surface area (Å²) in [6.07, 6.45) is 7.17. The zero-order valence-electron chi connectivity index (χ0n) is 14.0. The van der Waals surface area contributed by atoms with Crippen LogP contribution in [0.1, 0.15) is 55.4 Å². The number of aromatic nitrogens is 1. The van der Waals surface area contributed by atoms with Crippen LogP contribution in [0.5, 0.6) is 0 Å². The van der Waals surface area contributed by atoms with Crippen molar-refractivity contribution in [3.63, 3.8) is 0 Å². The first kappa shape index (κ1) is 17.0. The van der Waals surface area contributed by atoms with E-state index in [-0.39, 0.29) is 16.4 Å². The Bertz CT molecular complexity index is 578. The van der Waals surface area contributed by atoms with Gasteiger partial charge in [-0.05, 0) is 25.0 Å². The van der Waals surface area contributed by atoms with Gasteiger partial charge in [0.05, 0.1) is 13.1 Å². The van der Waals surface area contributed by atoms with E-state index >= 15 is 0 Å². The maximum Gasteiger partial charge on any atom is 0.366 e. The number of nitrogens with one attached hydrogen (secondary N) is 1. The third-order valence-electron chi connectivity index (χ3n) is 5.31. The maximum atomic E-state index is 13.0. The molecule has 0 bridgehead atoms. The van der Waals surface area contributed by atoms with Gasteiger partial charge in [-0.1, -0.05) is 25.3 Å². The van der Waals surface area contributed by atoms with Crippen LogP contribution in [-0.4, -0.2) is 51.7 Å². The molecule has 0 aromatic carbocycles. The summed E-state index contributed by atoms with van der Waals surface area (Å²) in [6.45, 7) is 0.962. The second-order valence-corrected chi connectivity index (χ2v) is 6.93. The van der Waals surface area contributed by atoms with Crippen molar-refractivity contribution >= 4 is 11.8 Å². The molecular weight excluding hydrogens is 306 g/mol. The maximum absolute atomic E-state index is 13.0. The number of rotatable bonds is 4. The minimum atomic E-state index is -1.36. The van der Waals surface area contributed by atoms with Gasteiger partial charge in [-0.2, -0.15) is 0 Å². The largest absolute Gasteiger partial charge is 0.366 e. The fourth-order valence-electron chi connectivity index (χ4n) is 3.92. The summed E-state index contributed by atoms with van der Waals surface area (Å²) in [5.74, 6) is -0.688. The van der Waals surface area contributed by atoms with Gasteiger partial charge in [0.25, 0.3) is 6.23 Å². The monoisotopic (exact) mass is 332 g/mol. The number of aliphatic hydroxyl groups excluding tert-OH is 1. The number of hydrogen-bond donors (Lipinski definition) is 2. The molecule has 2 aliphatic rings. The third kappa shape index (κ3) is 3.35. The Morgan fingerprint density at radius 1 is 1.12 bits per heavy atom. The molecule has 2 N–H and O–H groups in total. The Balaban J connectivity index is 1.76. The predicted molar refractivity (Wildman–Crippen MR) is 88.8 cm³/mol. The number of quaternary nitrogens is 1. The average molecular weight is 332 g/mol. The van der Waals surface area contributed by atoms with E-state index in [9.17, 15) is 14.7 Å². The summed E-state index contributed by atoms with van der Waals surface area (Å²) in [5, 5.41) is 13.7. The Morgan fingerprint density at radius 2 is 1.83 bits per heavy atom. The van der Waals surface area contributed by atoms with Crippen molar-refractivity contribution in [2.75, 3.05) is 13.1 Å². The van der Waals surface area contributed by atoms with Crippen LogP contribution in [0.15, 0.2) is 24.4 Å². The van der Waals surface area contributed by atoms with Crippen molar-refractivity contribution in [1.29, 1.82) is 0 Å². The molecule has 130 valence electrons. The highest BCUT2D eigenvalue weighted by Crippen LogP contribution is 2.26. The van der Waals surface area contributed by atoms with Gasteiger partial charge in [0.1, 0.15) is 0 Å². The normalized spacial score (nSPS) is 22.0. The van der Waals surface area contributed by atoms with Crippen LogP contribution in [0.2, 0.25) is 0 Å². The number of nitrogens with zero attached hydrogens (tertiary/aromatic N) is 2. The Hall–Kier alpha value is -1.79. The first-order chi connectivity index (χ1) is 11.6. The van der Waals surface area contributed by atoms with Crippen LogP contribution >= 0.6 is 0 Å². The first-order valence-electron chi connectivity index (χ1n) is 8.95. The van der Waals surface area contributed by atoms with E-state index in [1.165, 1.54) is 6.42 Å². The van der Waals surface area contributed by atoms with Crippen molar-refractivity contribution in [3.8, 4) is 0 Å². The molecule has 1 atom stereocenters. The van der Waals surface area contributed by atoms with Gasteiger partial charge in [0.2, 0.25) is 0 Å². The highest BCUT2D eigenvalue weighted by Gasteiger charge is 2.50. The van der Waals surface area contributed by atoms with E-state index < -0.39 is 12.1 Å². The molecular formula is C18H26N3O3+. The molecule has 6 nitrogen and oxygen atoms in total. The molecule has 2 heterocycles. The number of aliphatic hydroxyl groups is 1. The van der Waals surface area contributed by atoms with Crippen LogP contribution in [0, 0.1) is 0 Å².